The predicted octanol–water partition coefficient (Wildman–Crippen LogP) is 4.46. The third-order valence-electron chi connectivity index (χ3n) is 5.58. The van der Waals surface area contributed by atoms with Gasteiger partial charge in [0.1, 0.15) is 5.60 Å². The highest BCUT2D eigenvalue weighted by Gasteiger charge is 2.47. The minimum Gasteiger partial charge on any atom is -0.450 e. The van der Waals surface area contributed by atoms with Gasteiger partial charge in [0.15, 0.2) is 0 Å². The number of halogens is 1. The van der Waals surface area contributed by atoms with Crippen molar-refractivity contribution in [2.24, 2.45) is 0 Å². The van der Waals surface area contributed by atoms with Crippen LogP contribution in [-0.4, -0.2) is 29.0 Å². The van der Waals surface area contributed by atoms with E-state index < -0.39 is 5.60 Å². The summed E-state index contributed by atoms with van der Waals surface area (Å²) in [5, 5.41) is 0.689. The van der Waals surface area contributed by atoms with Gasteiger partial charge < -0.3 is 9.64 Å². The number of piperidine rings is 1. The van der Waals surface area contributed by atoms with E-state index in [1.54, 1.807) is 0 Å². The van der Waals surface area contributed by atoms with Gasteiger partial charge in [0.05, 0.1) is 5.56 Å². The largest absolute Gasteiger partial charge is 0.450 e. The van der Waals surface area contributed by atoms with Gasteiger partial charge >= 0.3 is 5.97 Å². The zero-order chi connectivity index (χ0) is 19.1. The molecule has 5 nitrogen and oxygen atoms in total. The van der Waals surface area contributed by atoms with Crippen LogP contribution in [0.15, 0.2) is 60.9 Å². The second-order valence-electron chi connectivity index (χ2n) is 7.20. The molecule has 0 bridgehead atoms. The molecule has 0 aliphatic carbocycles. The molecule has 0 N–H and O–H groups in total. The lowest BCUT2D eigenvalue weighted by molar-refractivity contribution is -0.0211. The molecule has 3 aromatic rings. The van der Waals surface area contributed by atoms with E-state index in [1.165, 1.54) is 0 Å². The van der Waals surface area contributed by atoms with Crippen molar-refractivity contribution in [3.63, 3.8) is 0 Å². The van der Waals surface area contributed by atoms with Gasteiger partial charge in [-0.1, -0.05) is 41.9 Å². The van der Waals surface area contributed by atoms with Crippen LogP contribution in [-0.2, 0) is 10.3 Å². The minimum atomic E-state index is -0.509. The molecule has 0 saturated carbocycles. The van der Waals surface area contributed by atoms with Gasteiger partial charge in [-0.2, -0.15) is 0 Å². The molecule has 5 rings (SSSR count). The molecule has 0 unspecified atom stereocenters. The number of hydrogen-bond acceptors (Lipinski definition) is 5. The fraction of sp³-hybridized carbons (Fsp3) is 0.227. The zero-order valence-corrected chi connectivity index (χ0v) is 15.9. The van der Waals surface area contributed by atoms with E-state index in [0.717, 1.165) is 42.6 Å². The van der Waals surface area contributed by atoms with Crippen molar-refractivity contribution in [1.29, 1.82) is 0 Å². The Labute approximate surface area is 168 Å². The molecule has 1 saturated heterocycles. The zero-order valence-electron chi connectivity index (χ0n) is 15.1. The molecule has 1 fully saturated rings. The number of carbonyl (C=O) groups excluding carboxylic acids is 1. The fourth-order valence-electron chi connectivity index (χ4n) is 4.09. The van der Waals surface area contributed by atoms with Gasteiger partial charge in [-0.25, -0.2) is 14.8 Å². The van der Waals surface area contributed by atoms with Crippen molar-refractivity contribution < 1.29 is 9.53 Å². The predicted molar refractivity (Wildman–Crippen MR) is 107 cm³/mol. The highest BCUT2D eigenvalue weighted by atomic mass is 35.5. The Balaban J connectivity index is 1.33. The first kappa shape index (κ1) is 17.2. The average Bonchev–Trinajstić information content (AvgIpc) is 3.01. The minimum absolute atomic E-state index is 0.217. The SMILES string of the molecule is O=C1OC2(CCN(c3ncc(-c4cccc(Cl)c4)cn3)CC2)c2ccccc21. The number of ether oxygens (including phenoxy) is 1. The van der Waals surface area contributed by atoms with Crippen LogP contribution < -0.4 is 4.90 Å². The monoisotopic (exact) mass is 391 g/mol. The molecule has 2 aliphatic rings. The van der Waals surface area contributed by atoms with Crippen molar-refractivity contribution in [3.8, 4) is 11.1 Å². The average molecular weight is 392 g/mol. The summed E-state index contributed by atoms with van der Waals surface area (Å²) in [6, 6.07) is 15.3. The lowest BCUT2D eigenvalue weighted by Gasteiger charge is -2.38. The van der Waals surface area contributed by atoms with Crippen molar-refractivity contribution >= 4 is 23.5 Å². The van der Waals surface area contributed by atoms with Crippen LogP contribution in [0.25, 0.3) is 11.1 Å². The number of carbonyl (C=O) groups is 1. The van der Waals surface area contributed by atoms with Crippen LogP contribution in [0.2, 0.25) is 5.02 Å². The molecule has 6 heteroatoms. The van der Waals surface area contributed by atoms with Crippen molar-refractivity contribution in [2.45, 2.75) is 18.4 Å². The standard InChI is InChI=1S/C22H18ClN3O2/c23-17-5-3-4-15(12-17)16-13-24-21(25-14-16)26-10-8-22(9-11-26)19-7-2-1-6-18(19)20(27)28-22/h1-7,12-14H,8-11H2. The lowest BCUT2D eigenvalue weighted by atomic mass is 9.84. The first-order valence-electron chi connectivity index (χ1n) is 9.30. The molecular formula is C22H18ClN3O2. The summed E-state index contributed by atoms with van der Waals surface area (Å²) in [7, 11) is 0. The molecule has 3 heterocycles. The highest BCUT2D eigenvalue weighted by Crippen LogP contribution is 2.44. The topological polar surface area (TPSA) is 55.3 Å². The number of aromatic nitrogens is 2. The van der Waals surface area contributed by atoms with Crippen LogP contribution >= 0.6 is 11.6 Å². The smallest absolute Gasteiger partial charge is 0.339 e. The first-order valence-corrected chi connectivity index (χ1v) is 9.68. The Morgan fingerprint density at radius 3 is 2.46 bits per heavy atom. The van der Waals surface area contributed by atoms with Crippen LogP contribution in [0.4, 0.5) is 5.95 Å². The third kappa shape index (κ3) is 2.83. The number of anilines is 1. The third-order valence-corrected chi connectivity index (χ3v) is 5.81. The van der Waals surface area contributed by atoms with Crippen molar-refractivity contribution in [2.75, 3.05) is 18.0 Å². The maximum atomic E-state index is 12.2. The molecule has 0 atom stereocenters. The van der Waals surface area contributed by atoms with E-state index in [9.17, 15) is 4.79 Å². The van der Waals surface area contributed by atoms with Gasteiger partial charge in [-0.3, -0.25) is 0 Å². The Hall–Kier alpha value is -2.92. The van der Waals surface area contributed by atoms with Gasteiger partial charge in [0.2, 0.25) is 5.95 Å². The summed E-state index contributed by atoms with van der Waals surface area (Å²) in [5.74, 6) is 0.476. The second kappa shape index (κ2) is 6.60. The Kier molecular flexibility index (Phi) is 4.05. The van der Waals surface area contributed by atoms with Gasteiger partial charge in [0.25, 0.3) is 0 Å². The summed E-state index contributed by atoms with van der Waals surface area (Å²) in [6.07, 6.45) is 5.11. The van der Waals surface area contributed by atoms with E-state index in [2.05, 4.69) is 14.9 Å². The van der Waals surface area contributed by atoms with Crippen molar-refractivity contribution in [1.82, 2.24) is 9.97 Å². The van der Waals surface area contributed by atoms with E-state index in [0.29, 0.717) is 16.5 Å². The van der Waals surface area contributed by atoms with Crippen molar-refractivity contribution in [3.05, 3.63) is 77.1 Å². The van der Waals surface area contributed by atoms with E-state index in [4.69, 9.17) is 16.3 Å². The number of esters is 1. The van der Waals surface area contributed by atoms with Gasteiger partial charge in [-0.15, -0.1) is 0 Å². The number of hydrogen-bond donors (Lipinski definition) is 0. The molecule has 0 radical (unpaired) electrons. The van der Waals surface area contributed by atoms with E-state index >= 15 is 0 Å². The Morgan fingerprint density at radius 1 is 0.964 bits per heavy atom. The summed E-state index contributed by atoms with van der Waals surface area (Å²) < 4.78 is 5.81. The first-order chi connectivity index (χ1) is 13.6. The van der Waals surface area contributed by atoms with Crippen LogP contribution in [0.5, 0.6) is 0 Å². The molecule has 2 aliphatic heterocycles. The summed E-state index contributed by atoms with van der Waals surface area (Å²) in [4.78, 5) is 23.5. The highest BCUT2D eigenvalue weighted by molar-refractivity contribution is 6.30. The van der Waals surface area contributed by atoms with Crippen LogP contribution in [0.1, 0.15) is 28.8 Å². The number of benzene rings is 2. The molecule has 2 aromatic carbocycles. The number of nitrogens with zero attached hydrogens (tertiary/aromatic N) is 3. The summed E-state index contributed by atoms with van der Waals surface area (Å²) in [6.45, 7) is 1.47. The normalized spacial score (nSPS) is 17.5. The fourth-order valence-corrected chi connectivity index (χ4v) is 4.28. The van der Waals surface area contributed by atoms with Crippen LogP contribution in [0.3, 0.4) is 0 Å². The summed E-state index contributed by atoms with van der Waals surface area (Å²) >= 11 is 6.07. The molecular weight excluding hydrogens is 374 g/mol. The molecule has 1 aromatic heterocycles. The molecule has 140 valence electrons. The summed E-state index contributed by atoms with van der Waals surface area (Å²) in [5.41, 5.74) is 3.12. The maximum Gasteiger partial charge on any atom is 0.339 e. The lowest BCUT2D eigenvalue weighted by Crippen LogP contribution is -2.43. The Bertz CT molecular complexity index is 1040. The van der Waals surface area contributed by atoms with E-state index in [-0.39, 0.29) is 5.97 Å². The van der Waals surface area contributed by atoms with Gasteiger partial charge in [0, 0.05) is 54.5 Å². The quantitative estimate of drug-likeness (QED) is 0.603. The maximum absolute atomic E-state index is 12.2. The van der Waals surface area contributed by atoms with Gasteiger partial charge in [-0.05, 0) is 23.8 Å². The van der Waals surface area contributed by atoms with Crippen LogP contribution in [0, 0.1) is 0 Å². The van der Waals surface area contributed by atoms with E-state index in [1.807, 2.05) is 60.9 Å². The second-order valence-corrected chi connectivity index (χ2v) is 7.63. The number of fused-ring (bicyclic) bond motifs is 2. The molecule has 0 amide bonds. The number of rotatable bonds is 2. The molecule has 28 heavy (non-hydrogen) atoms. The Morgan fingerprint density at radius 2 is 1.71 bits per heavy atom. The molecule has 1 spiro atoms.